The molecule has 42 heavy (non-hydrogen) atoms. The topological polar surface area (TPSA) is 131 Å². The monoisotopic (exact) mass is 568 g/mol. The molecular weight excluding hydrogens is 528 g/mol. The number of primary amides is 1. The Hall–Kier alpha value is -4.22. The predicted molar refractivity (Wildman–Crippen MR) is 168 cm³/mol. The normalized spacial score (nSPS) is 17.2. The molecule has 2 aromatic heterocycles. The molecule has 11 nitrogen and oxygen atoms in total. The Balaban J connectivity index is 1.21. The summed E-state index contributed by atoms with van der Waals surface area (Å²) in [5, 5.41) is 6.68. The molecule has 11 heteroatoms. The average molecular weight is 569 g/mol. The number of aromatic amines is 1. The van der Waals surface area contributed by atoms with Crippen LogP contribution in [0.4, 0.5) is 23.0 Å². The SMILES string of the molecule is CC(C)Nc1nc(Nc2ccc(N3CCC(N4CCN(C)CC4)CC3)cc2)c(C(N)=O)nc1-c1cccc2[nH]cnc12. The van der Waals surface area contributed by atoms with E-state index in [1.54, 1.807) is 6.33 Å². The number of piperazine rings is 1. The van der Waals surface area contributed by atoms with Gasteiger partial charge < -0.3 is 31.2 Å². The van der Waals surface area contributed by atoms with Crippen LogP contribution in [0.3, 0.4) is 0 Å². The van der Waals surface area contributed by atoms with Gasteiger partial charge in [-0.1, -0.05) is 12.1 Å². The van der Waals surface area contributed by atoms with Crippen LogP contribution < -0.4 is 21.3 Å². The van der Waals surface area contributed by atoms with Crippen molar-refractivity contribution >= 4 is 40.0 Å². The molecule has 0 bridgehead atoms. The van der Waals surface area contributed by atoms with Gasteiger partial charge >= 0.3 is 0 Å². The third-order valence-corrected chi connectivity index (χ3v) is 8.27. The van der Waals surface area contributed by atoms with Crippen LogP contribution in [-0.4, -0.2) is 94.0 Å². The number of hydrogen-bond donors (Lipinski definition) is 4. The lowest BCUT2D eigenvalue weighted by Gasteiger charge is -2.42. The van der Waals surface area contributed by atoms with Gasteiger partial charge in [0.25, 0.3) is 5.91 Å². The van der Waals surface area contributed by atoms with E-state index >= 15 is 0 Å². The van der Waals surface area contributed by atoms with E-state index in [1.807, 2.05) is 44.2 Å². The highest BCUT2D eigenvalue weighted by atomic mass is 16.1. The van der Waals surface area contributed by atoms with Crippen LogP contribution in [0.5, 0.6) is 0 Å². The van der Waals surface area contributed by atoms with Crippen LogP contribution in [0.2, 0.25) is 0 Å². The molecule has 2 aromatic carbocycles. The Morgan fingerprint density at radius 2 is 1.71 bits per heavy atom. The summed E-state index contributed by atoms with van der Waals surface area (Å²) in [5.74, 6) is 0.202. The van der Waals surface area contributed by atoms with Crippen molar-refractivity contribution in [2.75, 3.05) is 61.8 Å². The summed E-state index contributed by atoms with van der Waals surface area (Å²) >= 11 is 0. The van der Waals surface area contributed by atoms with Crippen molar-refractivity contribution in [3.05, 3.63) is 54.5 Å². The lowest BCUT2D eigenvalue weighted by atomic mass is 10.0. The van der Waals surface area contributed by atoms with Crippen LogP contribution in [0, 0.1) is 0 Å². The van der Waals surface area contributed by atoms with Gasteiger partial charge in [-0.05, 0) is 64.1 Å². The molecule has 2 fully saturated rings. The minimum Gasteiger partial charge on any atom is -0.371 e. The molecule has 4 aromatic rings. The van der Waals surface area contributed by atoms with Crippen LogP contribution in [0.15, 0.2) is 48.8 Å². The maximum Gasteiger partial charge on any atom is 0.271 e. The summed E-state index contributed by atoms with van der Waals surface area (Å²) in [7, 11) is 2.21. The molecule has 2 aliphatic rings. The molecule has 6 rings (SSSR count). The number of amides is 1. The molecule has 0 atom stereocenters. The summed E-state index contributed by atoms with van der Waals surface area (Å²) in [6.45, 7) is 10.8. The van der Waals surface area contributed by atoms with Gasteiger partial charge in [0.1, 0.15) is 5.69 Å². The third kappa shape index (κ3) is 5.88. The van der Waals surface area contributed by atoms with Crippen molar-refractivity contribution in [2.45, 2.75) is 38.8 Å². The first-order valence-electron chi connectivity index (χ1n) is 14.8. The maximum atomic E-state index is 12.6. The number of para-hydroxylation sites is 1. The van der Waals surface area contributed by atoms with E-state index in [1.165, 1.54) is 31.6 Å². The summed E-state index contributed by atoms with van der Waals surface area (Å²) in [5.41, 5.74) is 10.8. The van der Waals surface area contributed by atoms with Gasteiger partial charge in [-0.2, -0.15) is 0 Å². The number of H-pyrrole nitrogens is 1. The number of fused-ring (bicyclic) bond motifs is 1. The Bertz CT molecular complexity index is 1530. The minimum absolute atomic E-state index is 0.0712. The van der Waals surface area contributed by atoms with Crippen LogP contribution in [0.1, 0.15) is 37.2 Å². The highest BCUT2D eigenvalue weighted by Crippen LogP contribution is 2.33. The van der Waals surface area contributed by atoms with Crippen molar-refractivity contribution in [3.8, 4) is 11.3 Å². The minimum atomic E-state index is -0.656. The fourth-order valence-electron chi connectivity index (χ4n) is 5.98. The number of carbonyl (C=O) groups excluding carboxylic acids is 1. The fourth-order valence-corrected chi connectivity index (χ4v) is 5.98. The number of rotatable bonds is 8. The zero-order valence-electron chi connectivity index (χ0n) is 24.6. The number of hydrogen-bond acceptors (Lipinski definition) is 9. The number of anilines is 4. The molecule has 2 saturated heterocycles. The Morgan fingerprint density at radius 3 is 2.40 bits per heavy atom. The second-order valence-corrected chi connectivity index (χ2v) is 11.6. The smallest absolute Gasteiger partial charge is 0.271 e. The largest absolute Gasteiger partial charge is 0.371 e. The molecule has 0 radical (unpaired) electrons. The number of likely N-dealkylation sites (N-methyl/N-ethyl adjacent to an activating group) is 1. The number of piperidine rings is 1. The summed E-state index contributed by atoms with van der Waals surface area (Å²) in [4.78, 5) is 37.3. The first-order valence-corrected chi connectivity index (χ1v) is 14.8. The molecule has 0 saturated carbocycles. The first kappa shape index (κ1) is 27.9. The first-order chi connectivity index (χ1) is 20.4. The molecule has 1 amide bonds. The van der Waals surface area contributed by atoms with E-state index in [0.29, 0.717) is 23.4 Å². The van der Waals surface area contributed by atoms with Crippen molar-refractivity contribution in [3.63, 3.8) is 0 Å². The van der Waals surface area contributed by atoms with Gasteiger partial charge in [-0.3, -0.25) is 9.69 Å². The number of nitrogens with two attached hydrogens (primary N) is 1. The van der Waals surface area contributed by atoms with Gasteiger partial charge in [0.15, 0.2) is 17.3 Å². The molecule has 2 aliphatic heterocycles. The number of benzene rings is 2. The van der Waals surface area contributed by atoms with Crippen molar-refractivity contribution in [1.82, 2.24) is 29.7 Å². The highest BCUT2D eigenvalue weighted by molar-refractivity contribution is 5.99. The van der Waals surface area contributed by atoms with Crippen LogP contribution in [-0.2, 0) is 0 Å². The molecule has 220 valence electrons. The maximum absolute atomic E-state index is 12.6. The average Bonchev–Trinajstić information content (AvgIpc) is 3.47. The van der Waals surface area contributed by atoms with E-state index in [2.05, 4.69) is 54.5 Å². The molecule has 4 heterocycles. The number of nitrogens with one attached hydrogen (secondary N) is 3. The Labute approximate surface area is 246 Å². The Morgan fingerprint density at radius 1 is 0.976 bits per heavy atom. The molecule has 0 spiro atoms. The standard InChI is InChI=1S/C31H40N10O/c1-20(2)35-30-27(24-5-4-6-25-26(24)34-19-33-25)37-28(29(32)42)31(38-30)36-21-7-9-22(10-8-21)40-13-11-23(12-14-40)41-17-15-39(3)16-18-41/h4-10,19-20,23H,11-18H2,1-3H3,(H2,32,42)(H,33,34)(H2,35,36,38). The van der Waals surface area contributed by atoms with Crippen molar-refractivity contribution in [1.29, 1.82) is 0 Å². The van der Waals surface area contributed by atoms with Crippen molar-refractivity contribution in [2.24, 2.45) is 5.73 Å². The lowest BCUT2D eigenvalue weighted by molar-refractivity contribution is 0.0982. The number of nitrogens with zero attached hydrogens (tertiary/aromatic N) is 6. The zero-order valence-corrected chi connectivity index (χ0v) is 24.6. The van der Waals surface area contributed by atoms with Gasteiger partial charge in [0.05, 0.1) is 17.4 Å². The van der Waals surface area contributed by atoms with E-state index in [4.69, 9.17) is 15.7 Å². The second kappa shape index (κ2) is 11.9. The van der Waals surface area contributed by atoms with E-state index in [-0.39, 0.29) is 11.7 Å². The summed E-state index contributed by atoms with van der Waals surface area (Å²) in [6, 6.07) is 14.8. The summed E-state index contributed by atoms with van der Waals surface area (Å²) < 4.78 is 0. The zero-order chi connectivity index (χ0) is 29.2. The Kier molecular flexibility index (Phi) is 7.94. The van der Waals surface area contributed by atoms with Gasteiger partial charge in [0, 0.05) is 68.3 Å². The van der Waals surface area contributed by atoms with Crippen LogP contribution >= 0.6 is 0 Å². The molecular formula is C31H40N10O. The van der Waals surface area contributed by atoms with Gasteiger partial charge in [-0.15, -0.1) is 0 Å². The van der Waals surface area contributed by atoms with Gasteiger partial charge in [-0.25, -0.2) is 15.0 Å². The van der Waals surface area contributed by atoms with Crippen LogP contribution in [0.25, 0.3) is 22.3 Å². The lowest BCUT2D eigenvalue weighted by Crippen LogP contribution is -2.52. The van der Waals surface area contributed by atoms with E-state index < -0.39 is 5.91 Å². The quantitative estimate of drug-likeness (QED) is 0.250. The van der Waals surface area contributed by atoms with Gasteiger partial charge in [0.2, 0.25) is 0 Å². The highest BCUT2D eigenvalue weighted by Gasteiger charge is 2.27. The number of aromatic nitrogens is 4. The summed E-state index contributed by atoms with van der Waals surface area (Å²) in [6.07, 6.45) is 4.01. The molecule has 0 unspecified atom stereocenters. The molecule has 5 N–H and O–H groups in total. The number of carbonyl (C=O) groups is 1. The number of imidazole rings is 1. The second-order valence-electron chi connectivity index (χ2n) is 11.6. The fraction of sp³-hybridized carbons (Fsp3) is 0.419. The van der Waals surface area contributed by atoms with E-state index in [9.17, 15) is 4.79 Å². The molecule has 0 aliphatic carbocycles. The predicted octanol–water partition coefficient (Wildman–Crippen LogP) is 3.90. The third-order valence-electron chi connectivity index (χ3n) is 8.27. The van der Waals surface area contributed by atoms with E-state index in [0.717, 1.165) is 48.5 Å². The van der Waals surface area contributed by atoms with Crippen molar-refractivity contribution < 1.29 is 4.79 Å².